The smallest absolute Gasteiger partial charge is 0.336 e. The molecule has 2 heterocycles. The second kappa shape index (κ2) is 11.2. The quantitative estimate of drug-likeness (QED) is 0.327. The number of carbonyl (C=O) groups is 4. The van der Waals surface area contributed by atoms with Crippen molar-refractivity contribution in [2.75, 3.05) is 6.61 Å². The standard InChI is InChI=1S/C24H27NO11/c1-11-8-20(30)35-18-9-16(6-7-17(11)18)34-24-21(25-12(2)26)23(33-15(5)29)22(32-14(4)28)19(36-24)10-31-13(3)27/h6-9,19,21-24H,10H2,1-5H3,(H,25,26)/t19-,21+,22+,23-,24-/m1/s1. The molecule has 36 heavy (non-hydrogen) atoms. The largest absolute Gasteiger partial charge is 0.463 e. The van der Waals surface area contributed by atoms with Crippen molar-refractivity contribution in [1.82, 2.24) is 5.32 Å². The molecule has 12 nitrogen and oxygen atoms in total. The Balaban J connectivity index is 2.02. The molecular formula is C24H27NO11. The third kappa shape index (κ3) is 6.60. The van der Waals surface area contributed by atoms with E-state index in [2.05, 4.69) is 5.32 Å². The van der Waals surface area contributed by atoms with Crippen molar-refractivity contribution in [3.05, 3.63) is 40.2 Å². The van der Waals surface area contributed by atoms with Crippen LogP contribution in [-0.4, -0.2) is 61.1 Å². The minimum Gasteiger partial charge on any atom is -0.463 e. The zero-order valence-corrected chi connectivity index (χ0v) is 20.4. The summed E-state index contributed by atoms with van der Waals surface area (Å²) in [6, 6.07) is 4.98. The molecule has 194 valence electrons. The molecule has 1 aromatic carbocycles. The summed E-state index contributed by atoms with van der Waals surface area (Å²) in [7, 11) is 0. The molecule has 1 fully saturated rings. The number of ether oxygens (including phenoxy) is 5. The van der Waals surface area contributed by atoms with Gasteiger partial charge in [-0.3, -0.25) is 19.2 Å². The topological polar surface area (TPSA) is 157 Å². The fourth-order valence-electron chi connectivity index (χ4n) is 3.90. The van der Waals surface area contributed by atoms with Crippen LogP contribution in [0, 0.1) is 6.92 Å². The molecule has 1 aliphatic heterocycles. The van der Waals surface area contributed by atoms with Crippen molar-refractivity contribution >= 4 is 34.8 Å². The minimum absolute atomic E-state index is 0.204. The Hall–Kier alpha value is -3.93. The van der Waals surface area contributed by atoms with Crippen LogP contribution in [0.4, 0.5) is 0 Å². The molecule has 0 saturated carbocycles. The number of nitrogens with one attached hydrogen (secondary N) is 1. The maximum Gasteiger partial charge on any atom is 0.336 e. The van der Waals surface area contributed by atoms with Crippen molar-refractivity contribution in [2.24, 2.45) is 0 Å². The second-order valence-corrected chi connectivity index (χ2v) is 8.24. The summed E-state index contributed by atoms with van der Waals surface area (Å²) < 4.78 is 33.1. The monoisotopic (exact) mass is 505 g/mol. The van der Waals surface area contributed by atoms with E-state index in [0.29, 0.717) is 10.9 Å². The first kappa shape index (κ1) is 26.7. The highest BCUT2D eigenvalue weighted by molar-refractivity contribution is 5.81. The van der Waals surface area contributed by atoms with E-state index < -0.39 is 60.1 Å². The summed E-state index contributed by atoms with van der Waals surface area (Å²) in [5, 5.41) is 3.30. The maximum absolute atomic E-state index is 12.0. The van der Waals surface area contributed by atoms with Gasteiger partial charge in [0.1, 0.15) is 30.1 Å². The van der Waals surface area contributed by atoms with Crippen LogP contribution in [0.1, 0.15) is 33.3 Å². The molecule has 0 bridgehead atoms. The fraction of sp³-hybridized carbons (Fsp3) is 0.458. The summed E-state index contributed by atoms with van der Waals surface area (Å²) >= 11 is 0. The Morgan fingerprint density at radius 2 is 1.61 bits per heavy atom. The SMILES string of the molecule is CC(=O)N[C@@H]1[C@H](Oc2ccc3c(C)cc(=O)oc3c2)O[C@H](COC(C)=O)[C@H](OC(C)=O)[C@@H]1OC(C)=O. The lowest BCUT2D eigenvalue weighted by Gasteiger charge is -2.44. The zero-order valence-electron chi connectivity index (χ0n) is 20.4. The molecule has 2 aromatic rings. The lowest BCUT2D eigenvalue weighted by Crippen LogP contribution is -2.67. The lowest BCUT2D eigenvalue weighted by molar-refractivity contribution is -0.257. The average molecular weight is 505 g/mol. The Morgan fingerprint density at radius 1 is 0.944 bits per heavy atom. The Bertz CT molecular complexity index is 1220. The highest BCUT2D eigenvalue weighted by Gasteiger charge is 2.52. The molecular weight excluding hydrogens is 478 g/mol. The van der Waals surface area contributed by atoms with Crippen LogP contribution in [-0.2, 0) is 38.1 Å². The minimum atomic E-state index is -1.29. The molecule has 5 atom stereocenters. The van der Waals surface area contributed by atoms with Gasteiger partial charge in [-0.05, 0) is 24.6 Å². The van der Waals surface area contributed by atoms with E-state index in [-0.39, 0.29) is 17.9 Å². The number of amides is 1. The number of rotatable bonds is 7. The molecule has 1 aromatic heterocycles. The average Bonchev–Trinajstić information content (AvgIpc) is 2.75. The third-order valence-corrected chi connectivity index (χ3v) is 5.25. The Kier molecular flexibility index (Phi) is 8.30. The molecule has 0 aliphatic carbocycles. The first-order valence-electron chi connectivity index (χ1n) is 11.1. The van der Waals surface area contributed by atoms with E-state index in [0.717, 1.165) is 13.8 Å². The van der Waals surface area contributed by atoms with Gasteiger partial charge in [0.05, 0.1) is 0 Å². The molecule has 1 N–H and O–H groups in total. The van der Waals surface area contributed by atoms with Crippen LogP contribution < -0.4 is 15.7 Å². The van der Waals surface area contributed by atoms with Gasteiger partial charge >= 0.3 is 23.5 Å². The molecule has 1 aliphatic rings. The summed E-state index contributed by atoms with van der Waals surface area (Å²) in [5.41, 5.74) is 0.427. The maximum atomic E-state index is 12.0. The van der Waals surface area contributed by atoms with Crippen molar-refractivity contribution in [2.45, 2.75) is 65.3 Å². The van der Waals surface area contributed by atoms with E-state index in [1.54, 1.807) is 19.1 Å². The number of esters is 3. The second-order valence-electron chi connectivity index (χ2n) is 8.24. The molecule has 0 spiro atoms. The van der Waals surface area contributed by atoms with Gasteiger partial charge in [-0.1, -0.05) is 0 Å². The van der Waals surface area contributed by atoms with Crippen molar-refractivity contribution in [3.8, 4) is 5.75 Å². The van der Waals surface area contributed by atoms with Gasteiger partial charge in [0, 0.05) is 45.2 Å². The van der Waals surface area contributed by atoms with Crippen molar-refractivity contribution in [1.29, 1.82) is 0 Å². The lowest BCUT2D eigenvalue weighted by atomic mass is 9.96. The first-order chi connectivity index (χ1) is 16.9. The van der Waals surface area contributed by atoms with E-state index in [9.17, 15) is 24.0 Å². The molecule has 3 rings (SSSR count). The number of aryl methyl sites for hydroxylation is 1. The van der Waals surface area contributed by atoms with E-state index in [1.165, 1.54) is 26.0 Å². The highest BCUT2D eigenvalue weighted by atomic mass is 16.7. The number of carbonyl (C=O) groups excluding carboxylic acids is 4. The molecule has 0 radical (unpaired) electrons. The van der Waals surface area contributed by atoms with Crippen LogP contribution in [0.25, 0.3) is 11.0 Å². The predicted molar refractivity (Wildman–Crippen MR) is 122 cm³/mol. The molecule has 1 saturated heterocycles. The third-order valence-electron chi connectivity index (χ3n) is 5.25. The van der Waals surface area contributed by atoms with Gasteiger partial charge in [0.15, 0.2) is 12.2 Å². The number of hydrogen-bond acceptors (Lipinski definition) is 11. The molecule has 12 heteroatoms. The predicted octanol–water partition coefficient (Wildman–Crippen LogP) is 1.14. The number of benzene rings is 1. The van der Waals surface area contributed by atoms with E-state index >= 15 is 0 Å². The van der Waals surface area contributed by atoms with Gasteiger partial charge in [0.25, 0.3) is 0 Å². The summed E-state index contributed by atoms with van der Waals surface area (Å²) in [6.07, 6.45) is -4.90. The Morgan fingerprint density at radius 3 is 2.22 bits per heavy atom. The van der Waals surface area contributed by atoms with Gasteiger partial charge < -0.3 is 33.4 Å². The van der Waals surface area contributed by atoms with Gasteiger partial charge in [-0.2, -0.15) is 0 Å². The number of hydrogen-bond donors (Lipinski definition) is 1. The summed E-state index contributed by atoms with van der Waals surface area (Å²) in [4.78, 5) is 59.0. The fourth-order valence-corrected chi connectivity index (χ4v) is 3.90. The van der Waals surface area contributed by atoms with Crippen LogP contribution in [0.3, 0.4) is 0 Å². The van der Waals surface area contributed by atoms with Crippen LogP contribution in [0.5, 0.6) is 5.75 Å². The zero-order chi connectivity index (χ0) is 26.6. The van der Waals surface area contributed by atoms with Gasteiger partial charge in [0.2, 0.25) is 12.2 Å². The van der Waals surface area contributed by atoms with Gasteiger partial charge in [-0.15, -0.1) is 0 Å². The van der Waals surface area contributed by atoms with E-state index in [4.69, 9.17) is 28.1 Å². The van der Waals surface area contributed by atoms with E-state index in [1.807, 2.05) is 0 Å². The molecule has 0 unspecified atom stereocenters. The van der Waals surface area contributed by atoms with Crippen LogP contribution >= 0.6 is 0 Å². The number of fused-ring (bicyclic) bond motifs is 1. The normalized spacial score (nSPS) is 23.4. The Labute approximate surface area is 205 Å². The van der Waals surface area contributed by atoms with Crippen LogP contribution in [0.15, 0.2) is 33.5 Å². The van der Waals surface area contributed by atoms with Crippen molar-refractivity contribution in [3.63, 3.8) is 0 Å². The van der Waals surface area contributed by atoms with Crippen molar-refractivity contribution < 1.29 is 47.3 Å². The summed E-state index contributed by atoms with van der Waals surface area (Å²) in [6.45, 7) is 6.12. The highest BCUT2D eigenvalue weighted by Crippen LogP contribution is 2.30. The first-order valence-corrected chi connectivity index (χ1v) is 11.1. The molecule has 1 amide bonds. The van der Waals surface area contributed by atoms with Crippen LogP contribution in [0.2, 0.25) is 0 Å². The summed E-state index contributed by atoms with van der Waals surface area (Å²) in [5.74, 6) is -2.35. The van der Waals surface area contributed by atoms with Gasteiger partial charge in [-0.25, -0.2) is 4.79 Å².